The molecule has 2 amide bonds. The Morgan fingerprint density at radius 1 is 0.912 bits per heavy atom. The number of hydrogen-bond acceptors (Lipinski definition) is 3. The van der Waals surface area contributed by atoms with Crippen LogP contribution in [-0.4, -0.2) is 18.4 Å². The highest BCUT2D eigenvalue weighted by atomic mass is 79.9. The topological polar surface area (TPSA) is 67.4 Å². The van der Waals surface area contributed by atoms with Crippen molar-refractivity contribution in [3.8, 4) is 5.75 Å². The van der Waals surface area contributed by atoms with Crippen LogP contribution < -0.4 is 15.4 Å². The zero-order chi connectivity index (χ0) is 24.9. The summed E-state index contributed by atoms with van der Waals surface area (Å²) in [6.07, 6.45) is 0. The Morgan fingerprint density at radius 3 is 2.18 bits per heavy atom. The van der Waals surface area contributed by atoms with E-state index in [1.165, 1.54) is 5.56 Å². The van der Waals surface area contributed by atoms with Crippen molar-refractivity contribution < 1.29 is 14.3 Å². The van der Waals surface area contributed by atoms with E-state index in [1.807, 2.05) is 42.5 Å². The maximum atomic E-state index is 12.7. The Morgan fingerprint density at radius 2 is 1.56 bits per heavy atom. The van der Waals surface area contributed by atoms with Crippen LogP contribution in [0, 0.1) is 0 Å². The van der Waals surface area contributed by atoms with Gasteiger partial charge in [-0.3, -0.25) is 9.59 Å². The fourth-order valence-electron chi connectivity index (χ4n) is 3.44. The smallest absolute Gasteiger partial charge is 0.262 e. The molecule has 3 rings (SSSR count). The number of carbonyl (C=O) groups excluding carboxylic acids is 2. The number of halogens is 1. The van der Waals surface area contributed by atoms with Crippen molar-refractivity contribution in [1.82, 2.24) is 0 Å². The number of hydrogen-bond donors (Lipinski definition) is 2. The van der Waals surface area contributed by atoms with Gasteiger partial charge >= 0.3 is 0 Å². The van der Waals surface area contributed by atoms with Gasteiger partial charge in [-0.05, 0) is 71.0 Å². The standard InChI is InChI=1S/C28H31BrN2O3/c1-18(2)24-15-21(29)13-14-25(24)34-17-26(32)30-22-7-6-8-23(16-22)31-27(33)19-9-11-20(12-10-19)28(3,4)5/h6-16,18H,17H2,1-5H3,(H,30,32)(H,31,33). The predicted octanol–water partition coefficient (Wildman–Crippen LogP) is 7.14. The molecule has 3 aromatic rings. The Bertz CT molecular complexity index is 1170. The van der Waals surface area contributed by atoms with Gasteiger partial charge in [-0.2, -0.15) is 0 Å². The fraction of sp³-hybridized carbons (Fsp3) is 0.286. The fourth-order valence-corrected chi connectivity index (χ4v) is 3.82. The Kier molecular flexibility index (Phi) is 8.15. The molecule has 178 valence electrons. The van der Waals surface area contributed by atoms with E-state index in [0.717, 1.165) is 10.0 Å². The first kappa shape index (κ1) is 25.5. The molecule has 0 aromatic heterocycles. The minimum Gasteiger partial charge on any atom is -0.483 e. The Hall–Kier alpha value is -3.12. The summed E-state index contributed by atoms with van der Waals surface area (Å²) in [7, 11) is 0. The van der Waals surface area contributed by atoms with E-state index in [2.05, 4.69) is 61.2 Å². The molecule has 0 unspecified atom stereocenters. The average molecular weight is 523 g/mol. The lowest BCUT2D eigenvalue weighted by atomic mass is 9.87. The normalized spacial score (nSPS) is 11.3. The number of carbonyl (C=O) groups is 2. The van der Waals surface area contributed by atoms with Gasteiger partial charge in [-0.1, -0.05) is 68.7 Å². The summed E-state index contributed by atoms with van der Waals surface area (Å²) in [6.45, 7) is 10.4. The molecule has 5 nitrogen and oxygen atoms in total. The van der Waals surface area contributed by atoms with Gasteiger partial charge < -0.3 is 15.4 Å². The van der Waals surface area contributed by atoms with E-state index in [1.54, 1.807) is 24.3 Å². The molecule has 0 aliphatic heterocycles. The zero-order valence-electron chi connectivity index (χ0n) is 20.2. The number of anilines is 2. The molecule has 0 radical (unpaired) electrons. The van der Waals surface area contributed by atoms with Crippen LogP contribution >= 0.6 is 15.9 Å². The predicted molar refractivity (Wildman–Crippen MR) is 142 cm³/mol. The second-order valence-electron chi connectivity index (χ2n) is 9.54. The van der Waals surface area contributed by atoms with Gasteiger partial charge in [0.05, 0.1) is 0 Å². The molecule has 0 aliphatic rings. The molecule has 0 saturated heterocycles. The van der Waals surface area contributed by atoms with E-state index >= 15 is 0 Å². The van der Waals surface area contributed by atoms with Crippen LogP contribution in [0.2, 0.25) is 0 Å². The first-order valence-corrected chi connectivity index (χ1v) is 12.1. The summed E-state index contributed by atoms with van der Waals surface area (Å²) in [5, 5.41) is 5.71. The third-order valence-electron chi connectivity index (χ3n) is 5.37. The lowest BCUT2D eigenvalue weighted by Crippen LogP contribution is -2.21. The van der Waals surface area contributed by atoms with Gasteiger partial charge in [-0.15, -0.1) is 0 Å². The number of ether oxygens (including phenoxy) is 1. The van der Waals surface area contributed by atoms with Crippen LogP contribution in [0.15, 0.2) is 71.2 Å². The van der Waals surface area contributed by atoms with Crippen molar-refractivity contribution in [2.24, 2.45) is 0 Å². The molecule has 6 heteroatoms. The molecule has 0 atom stereocenters. The van der Waals surface area contributed by atoms with Crippen molar-refractivity contribution in [2.45, 2.75) is 46.0 Å². The van der Waals surface area contributed by atoms with Gasteiger partial charge in [0.25, 0.3) is 11.8 Å². The van der Waals surface area contributed by atoms with E-state index in [-0.39, 0.29) is 29.8 Å². The third-order valence-corrected chi connectivity index (χ3v) is 5.86. The van der Waals surface area contributed by atoms with Gasteiger partial charge in [0.2, 0.25) is 0 Å². The van der Waals surface area contributed by atoms with Crippen LogP contribution in [0.25, 0.3) is 0 Å². The van der Waals surface area contributed by atoms with E-state index in [0.29, 0.717) is 22.7 Å². The summed E-state index contributed by atoms with van der Waals surface area (Å²) >= 11 is 3.47. The second-order valence-corrected chi connectivity index (χ2v) is 10.5. The third kappa shape index (κ3) is 6.94. The molecule has 0 spiro atoms. The summed E-state index contributed by atoms with van der Waals surface area (Å²) < 4.78 is 6.74. The van der Waals surface area contributed by atoms with Crippen LogP contribution in [0.1, 0.15) is 62.0 Å². The van der Waals surface area contributed by atoms with Crippen LogP contribution in [-0.2, 0) is 10.2 Å². The van der Waals surface area contributed by atoms with Crippen molar-refractivity contribution >= 4 is 39.1 Å². The highest BCUT2D eigenvalue weighted by molar-refractivity contribution is 9.10. The number of amides is 2. The molecule has 2 N–H and O–H groups in total. The quantitative estimate of drug-likeness (QED) is 0.346. The molecule has 3 aromatic carbocycles. The molecular weight excluding hydrogens is 492 g/mol. The summed E-state index contributed by atoms with van der Waals surface area (Å²) in [5.74, 6) is 0.468. The Labute approximate surface area is 210 Å². The number of nitrogens with one attached hydrogen (secondary N) is 2. The van der Waals surface area contributed by atoms with E-state index in [9.17, 15) is 9.59 Å². The number of rotatable bonds is 7. The summed E-state index contributed by atoms with van der Waals surface area (Å²) in [4.78, 5) is 25.1. The average Bonchev–Trinajstić information content (AvgIpc) is 2.78. The largest absolute Gasteiger partial charge is 0.483 e. The van der Waals surface area contributed by atoms with Crippen molar-refractivity contribution in [3.05, 3.63) is 87.9 Å². The maximum Gasteiger partial charge on any atom is 0.262 e. The maximum absolute atomic E-state index is 12.7. The highest BCUT2D eigenvalue weighted by Crippen LogP contribution is 2.29. The summed E-state index contributed by atoms with van der Waals surface area (Å²) in [5.41, 5.74) is 3.97. The zero-order valence-corrected chi connectivity index (χ0v) is 21.8. The van der Waals surface area contributed by atoms with Gasteiger partial charge in [0.15, 0.2) is 6.61 Å². The lowest BCUT2D eigenvalue weighted by Gasteiger charge is -2.19. The van der Waals surface area contributed by atoms with Gasteiger partial charge in [0.1, 0.15) is 5.75 Å². The minimum atomic E-state index is -0.279. The SMILES string of the molecule is CC(C)c1cc(Br)ccc1OCC(=O)Nc1cccc(NC(=O)c2ccc(C(C)(C)C)cc2)c1. The Balaban J connectivity index is 1.60. The molecule has 34 heavy (non-hydrogen) atoms. The lowest BCUT2D eigenvalue weighted by molar-refractivity contribution is -0.118. The molecule has 0 bridgehead atoms. The molecule has 0 fully saturated rings. The van der Waals surface area contributed by atoms with Crippen molar-refractivity contribution in [1.29, 1.82) is 0 Å². The van der Waals surface area contributed by atoms with E-state index < -0.39 is 0 Å². The second kappa shape index (κ2) is 10.9. The molecule has 0 saturated carbocycles. The summed E-state index contributed by atoms with van der Waals surface area (Å²) in [6, 6.07) is 20.4. The molecule has 0 heterocycles. The number of benzene rings is 3. The van der Waals surface area contributed by atoms with Crippen molar-refractivity contribution in [2.75, 3.05) is 17.2 Å². The minimum absolute atomic E-state index is 0.0268. The molecular formula is C28H31BrN2O3. The van der Waals surface area contributed by atoms with Crippen LogP contribution in [0.3, 0.4) is 0 Å². The van der Waals surface area contributed by atoms with E-state index in [4.69, 9.17) is 4.74 Å². The first-order chi connectivity index (χ1) is 16.0. The monoisotopic (exact) mass is 522 g/mol. The van der Waals surface area contributed by atoms with Crippen molar-refractivity contribution in [3.63, 3.8) is 0 Å². The van der Waals surface area contributed by atoms with Crippen LogP contribution in [0.4, 0.5) is 11.4 Å². The first-order valence-electron chi connectivity index (χ1n) is 11.3. The highest BCUT2D eigenvalue weighted by Gasteiger charge is 2.15. The van der Waals surface area contributed by atoms with Gasteiger partial charge in [-0.25, -0.2) is 0 Å². The van der Waals surface area contributed by atoms with Crippen LogP contribution in [0.5, 0.6) is 5.75 Å². The molecule has 0 aliphatic carbocycles. The van der Waals surface area contributed by atoms with Gasteiger partial charge in [0, 0.05) is 21.4 Å².